The van der Waals surface area contributed by atoms with Crippen molar-refractivity contribution in [3.8, 4) is 0 Å². The second-order valence-corrected chi connectivity index (χ2v) is 11.5. The standard InChI is InChI=1S/C27H51NO17/c1-5-12(11(4)30)28(6-2)10(3)16(32)20(36)21(37)17(33)13(31)8-42-26-25(41)23(39)19(35)15(45-26)9-43-27-24(40)22(38)18(34)14(7-29)44-27/h10-15,17-27,29-31,33-41H,5-9H2,1-4H3/t10?,11?,12?,13-,14-,15-,17-,18-,19-,20+,21+,22+,23+,24-,25-,26+,27+/m1/s1. The van der Waals surface area contributed by atoms with Gasteiger partial charge in [0.25, 0.3) is 0 Å². The van der Waals surface area contributed by atoms with Gasteiger partial charge in [-0.25, -0.2) is 0 Å². The molecule has 45 heavy (non-hydrogen) atoms. The van der Waals surface area contributed by atoms with Crippen LogP contribution in [0.25, 0.3) is 0 Å². The van der Waals surface area contributed by atoms with E-state index in [1.807, 2.05) is 6.92 Å². The zero-order chi connectivity index (χ0) is 34.3. The molecule has 2 aliphatic heterocycles. The molecule has 0 aromatic carbocycles. The molecule has 2 saturated heterocycles. The average Bonchev–Trinajstić information content (AvgIpc) is 3.02. The van der Waals surface area contributed by atoms with Gasteiger partial charge in [-0.1, -0.05) is 13.8 Å². The summed E-state index contributed by atoms with van der Waals surface area (Å²) in [6, 6.07) is -1.40. The maximum atomic E-state index is 12.9. The molecule has 0 spiro atoms. The largest absolute Gasteiger partial charge is 0.394 e. The number of likely N-dealkylation sites (N-methyl/N-ethyl adjacent to an activating group) is 1. The van der Waals surface area contributed by atoms with Crippen molar-refractivity contribution in [1.29, 1.82) is 0 Å². The molecule has 17 atom stereocenters. The van der Waals surface area contributed by atoms with Crippen LogP contribution in [0.5, 0.6) is 0 Å². The molecular weight excluding hydrogens is 610 g/mol. The normalized spacial score (nSPS) is 37.4. The van der Waals surface area contributed by atoms with Gasteiger partial charge in [-0.3, -0.25) is 9.69 Å². The Balaban J connectivity index is 1.99. The fourth-order valence-corrected chi connectivity index (χ4v) is 5.52. The van der Waals surface area contributed by atoms with E-state index in [2.05, 4.69) is 0 Å². The lowest BCUT2D eigenvalue weighted by molar-refractivity contribution is -0.333. The number of carbonyl (C=O) groups is 1. The Morgan fingerprint density at radius 3 is 1.76 bits per heavy atom. The highest BCUT2D eigenvalue weighted by molar-refractivity contribution is 5.88. The van der Waals surface area contributed by atoms with E-state index in [4.69, 9.17) is 18.9 Å². The van der Waals surface area contributed by atoms with Crippen molar-refractivity contribution in [3.05, 3.63) is 0 Å². The highest BCUT2D eigenvalue weighted by Gasteiger charge is 2.48. The summed E-state index contributed by atoms with van der Waals surface area (Å²) in [6.07, 6.45) is -25.5. The fourth-order valence-electron chi connectivity index (χ4n) is 5.52. The van der Waals surface area contributed by atoms with E-state index in [0.717, 1.165) is 0 Å². The molecule has 0 bridgehead atoms. The first-order valence-corrected chi connectivity index (χ1v) is 15.0. The number of nitrogens with zero attached hydrogens (tertiary/aromatic N) is 1. The molecule has 2 rings (SSSR count). The van der Waals surface area contributed by atoms with Crippen LogP contribution in [0.1, 0.15) is 34.1 Å². The van der Waals surface area contributed by atoms with Crippen molar-refractivity contribution in [2.24, 2.45) is 0 Å². The summed E-state index contributed by atoms with van der Waals surface area (Å²) in [5.74, 6) is -0.874. The molecule has 2 aliphatic rings. The van der Waals surface area contributed by atoms with Crippen LogP contribution in [0.2, 0.25) is 0 Å². The quantitative estimate of drug-likeness (QED) is 0.0689. The molecule has 0 saturated carbocycles. The number of aliphatic hydroxyl groups is 12. The summed E-state index contributed by atoms with van der Waals surface area (Å²) in [6.45, 7) is 4.70. The number of hydrogen-bond acceptors (Lipinski definition) is 18. The molecule has 18 nitrogen and oxygen atoms in total. The summed E-state index contributed by atoms with van der Waals surface area (Å²) < 4.78 is 21.2. The van der Waals surface area contributed by atoms with Crippen LogP contribution >= 0.6 is 0 Å². The fraction of sp³-hybridized carbons (Fsp3) is 0.963. The second-order valence-electron chi connectivity index (χ2n) is 11.5. The highest BCUT2D eigenvalue weighted by Crippen LogP contribution is 2.26. The van der Waals surface area contributed by atoms with Crippen LogP contribution in [0.3, 0.4) is 0 Å². The van der Waals surface area contributed by atoms with E-state index in [1.165, 1.54) is 6.92 Å². The van der Waals surface area contributed by atoms with Crippen LogP contribution in [0.15, 0.2) is 0 Å². The first-order chi connectivity index (χ1) is 21.0. The summed E-state index contributed by atoms with van der Waals surface area (Å²) in [5.41, 5.74) is 0. The molecule has 3 unspecified atom stereocenters. The van der Waals surface area contributed by atoms with Gasteiger partial charge in [-0.15, -0.1) is 0 Å². The molecule has 2 fully saturated rings. The Bertz CT molecular complexity index is 884. The zero-order valence-electron chi connectivity index (χ0n) is 25.7. The van der Waals surface area contributed by atoms with Crippen molar-refractivity contribution in [1.82, 2.24) is 4.90 Å². The maximum Gasteiger partial charge on any atom is 0.186 e. The third-order valence-electron chi connectivity index (χ3n) is 8.41. The van der Waals surface area contributed by atoms with Crippen molar-refractivity contribution >= 4 is 5.78 Å². The van der Waals surface area contributed by atoms with Crippen LogP contribution in [-0.4, -0.2) is 202 Å². The van der Waals surface area contributed by atoms with E-state index < -0.39 is 130 Å². The predicted octanol–water partition coefficient (Wildman–Crippen LogP) is -6.49. The molecule has 2 heterocycles. The van der Waals surface area contributed by atoms with Gasteiger partial charge in [0, 0.05) is 6.04 Å². The van der Waals surface area contributed by atoms with Gasteiger partial charge in [0.2, 0.25) is 0 Å². The minimum atomic E-state index is -2.17. The number of ketones is 1. The van der Waals surface area contributed by atoms with E-state index in [9.17, 15) is 66.1 Å². The number of Topliss-reactive ketones (excluding diaryl/α,β-unsaturated/α-hetero) is 1. The predicted molar refractivity (Wildman–Crippen MR) is 149 cm³/mol. The Morgan fingerprint density at radius 1 is 0.756 bits per heavy atom. The summed E-state index contributed by atoms with van der Waals surface area (Å²) >= 11 is 0. The third-order valence-corrected chi connectivity index (χ3v) is 8.41. The number of ether oxygens (including phenoxy) is 4. The van der Waals surface area contributed by atoms with Crippen molar-refractivity contribution in [3.63, 3.8) is 0 Å². The molecule has 12 N–H and O–H groups in total. The monoisotopic (exact) mass is 661 g/mol. The Hall–Kier alpha value is -1.01. The molecule has 0 aliphatic carbocycles. The third kappa shape index (κ3) is 9.55. The van der Waals surface area contributed by atoms with Crippen molar-refractivity contribution in [2.45, 2.75) is 138 Å². The smallest absolute Gasteiger partial charge is 0.186 e. The number of aliphatic hydroxyl groups excluding tert-OH is 12. The van der Waals surface area contributed by atoms with Gasteiger partial charge in [0.15, 0.2) is 18.4 Å². The lowest BCUT2D eigenvalue weighted by Gasteiger charge is -2.42. The van der Waals surface area contributed by atoms with E-state index in [0.29, 0.717) is 13.0 Å². The number of carbonyl (C=O) groups excluding carboxylic acids is 1. The Morgan fingerprint density at radius 2 is 1.27 bits per heavy atom. The van der Waals surface area contributed by atoms with Gasteiger partial charge in [0.05, 0.1) is 32.0 Å². The number of hydrogen-bond donors (Lipinski definition) is 12. The van der Waals surface area contributed by atoms with Gasteiger partial charge >= 0.3 is 0 Å². The minimum Gasteiger partial charge on any atom is -0.394 e. The topological polar surface area (TPSA) is 300 Å². The van der Waals surface area contributed by atoms with Crippen LogP contribution in [0.4, 0.5) is 0 Å². The SMILES string of the molecule is CCC(C(C)O)N(CC)C(C)C(=O)[C@H](O)[C@@H](O)[C@H](O)[C@H](O)CO[C@H]1O[C@H](CO[C@H]2O[C@H](CO)[C@@H](O)[C@H](O)[C@H]2O)[C@@H](O)[C@H](O)[C@H]1O. The van der Waals surface area contributed by atoms with E-state index >= 15 is 0 Å². The summed E-state index contributed by atoms with van der Waals surface area (Å²) in [7, 11) is 0. The van der Waals surface area contributed by atoms with Gasteiger partial charge < -0.3 is 80.2 Å². The highest BCUT2D eigenvalue weighted by atomic mass is 16.7. The Kier molecular flexibility index (Phi) is 16.0. The van der Waals surface area contributed by atoms with Gasteiger partial charge in [-0.2, -0.15) is 0 Å². The maximum absolute atomic E-state index is 12.9. The van der Waals surface area contributed by atoms with E-state index in [-0.39, 0.29) is 0 Å². The summed E-state index contributed by atoms with van der Waals surface area (Å²) in [5, 5.41) is 122. The number of rotatable bonds is 17. The average molecular weight is 662 g/mol. The van der Waals surface area contributed by atoms with Crippen molar-refractivity contribution in [2.75, 3.05) is 26.4 Å². The van der Waals surface area contributed by atoms with E-state index in [1.54, 1.807) is 18.7 Å². The second kappa shape index (κ2) is 17.9. The zero-order valence-corrected chi connectivity index (χ0v) is 25.7. The minimum absolute atomic E-state index is 0.330. The Labute approximate surface area is 260 Å². The van der Waals surface area contributed by atoms with Gasteiger partial charge in [-0.05, 0) is 26.8 Å². The van der Waals surface area contributed by atoms with Crippen LogP contribution in [0, 0.1) is 0 Å². The first kappa shape index (κ1) is 40.2. The first-order valence-electron chi connectivity index (χ1n) is 15.0. The molecule has 0 aromatic heterocycles. The van der Waals surface area contributed by atoms with Crippen molar-refractivity contribution < 1.29 is 85.0 Å². The molecular formula is C27H51NO17. The molecule has 18 heteroatoms. The summed E-state index contributed by atoms with van der Waals surface area (Å²) in [4.78, 5) is 14.6. The van der Waals surface area contributed by atoms with Gasteiger partial charge in [0.1, 0.15) is 73.2 Å². The molecule has 0 aromatic rings. The molecule has 0 amide bonds. The van der Waals surface area contributed by atoms with Crippen LogP contribution in [-0.2, 0) is 23.7 Å². The lowest BCUT2D eigenvalue weighted by atomic mass is 9.95. The lowest BCUT2D eigenvalue weighted by Crippen LogP contribution is -2.62. The molecule has 266 valence electrons. The molecule has 0 radical (unpaired) electrons. The van der Waals surface area contributed by atoms with Crippen LogP contribution < -0.4 is 0 Å².